The minimum absolute atomic E-state index is 0.0370. The minimum Gasteiger partial charge on any atom is -0.497 e. The van der Waals surface area contributed by atoms with E-state index in [4.69, 9.17) is 4.74 Å². The van der Waals surface area contributed by atoms with Crippen molar-refractivity contribution in [3.63, 3.8) is 0 Å². The third kappa shape index (κ3) is 3.89. The molecule has 1 aliphatic heterocycles. The molecule has 0 aromatic heterocycles. The Balaban J connectivity index is 1.81. The van der Waals surface area contributed by atoms with E-state index < -0.39 is 0 Å². The van der Waals surface area contributed by atoms with Crippen molar-refractivity contribution in [2.45, 2.75) is 6.92 Å². The van der Waals surface area contributed by atoms with Gasteiger partial charge in [0.1, 0.15) is 5.75 Å². The molecular formula is C25H20BrNO2. The van der Waals surface area contributed by atoms with Crippen LogP contribution in [0.3, 0.4) is 0 Å². The molecular weight excluding hydrogens is 426 g/mol. The van der Waals surface area contributed by atoms with E-state index in [0.717, 1.165) is 38.3 Å². The fraction of sp³-hybridized carbons (Fsp3) is 0.0800. The first-order chi connectivity index (χ1) is 14.1. The second-order valence-electron chi connectivity index (χ2n) is 6.84. The third-order valence-electron chi connectivity index (χ3n) is 4.89. The first-order valence-electron chi connectivity index (χ1n) is 9.30. The molecule has 29 heavy (non-hydrogen) atoms. The van der Waals surface area contributed by atoms with Crippen molar-refractivity contribution in [2.75, 3.05) is 12.0 Å². The molecule has 0 saturated carbocycles. The molecule has 1 aliphatic rings. The second-order valence-corrected chi connectivity index (χ2v) is 7.76. The molecule has 1 heterocycles. The molecule has 0 fully saturated rings. The van der Waals surface area contributed by atoms with Crippen LogP contribution in [0, 0.1) is 6.92 Å². The highest BCUT2D eigenvalue weighted by molar-refractivity contribution is 9.10. The Kier molecular flexibility index (Phi) is 5.36. The number of hydrogen-bond acceptors (Lipinski definition) is 2. The fourth-order valence-electron chi connectivity index (χ4n) is 3.43. The zero-order chi connectivity index (χ0) is 20.4. The summed E-state index contributed by atoms with van der Waals surface area (Å²) in [5.41, 5.74) is 5.39. The molecule has 3 aromatic carbocycles. The van der Waals surface area contributed by atoms with Gasteiger partial charge in [0.15, 0.2) is 0 Å². The summed E-state index contributed by atoms with van der Waals surface area (Å²) < 4.78 is 6.21. The van der Waals surface area contributed by atoms with Gasteiger partial charge in [0.25, 0.3) is 5.91 Å². The molecule has 0 N–H and O–H groups in total. The largest absolute Gasteiger partial charge is 0.497 e. The molecule has 0 saturated heterocycles. The molecule has 4 heteroatoms. The number of aryl methyl sites for hydroxylation is 1. The van der Waals surface area contributed by atoms with E-state index in [-0.39, 0.29) is 5.91 Å². The smallest absolute Gasteiger partial charge is 0.262 e. The average Bonchev–Trinajstić information content (AvgIpc) is 3.05. The van der Waals surface area contributed by atoms with Crippen LogP contribution < -0.4 is 9.64 Å². The topological polar surface area (TPSA) is 29.5 Å². The van der Waals surface area contributed by atoms with Crippen LogP contribution in [-0.4, -0.2) is 13.0 Å². The van der Waals surface area contributed by atoms with Crippen LogP contribution in [0.25, 0.3) is 11.8 Å². The van der Waals surface area contributed by atoms with Gasteiger partial charge in [-0.05, 0) is 66.1 Å². The summed E-state index contributed by atoms with van der Waals surface area (Å²) in [5.74, 6) is 0.752. The lowest BCUT2D eigenvalue weighted by atomic mass is 10.1. The van der Waals surface area contributed by atoms with Gasteiger partial charge in [0.05, 0.1) is 18.5 Å². The summed E-state index contributed by atoms with van der Waals surface area (Å²) in [6, 6.07) is 23.6. The van der Waals surface area contributed by atoms with Crippen LogP contribution in [0.15, 0.2) is 88.9 Å². The Morgan fingerprint density at radius 1 is 0.966 bits per heavy atom. The summed E-state index contributed by atoms with van der Waals surface area (Å²) in [6.45, 7) is 2.02. The number of ether oxygens (including phenoxy) is 1. The second kappa shape index (κ2) is 8.10. The number of nitrogens with zero attached hydrogens (tertiary/aromatic N) is 1. The molecule has 0 bridgehead atoms. The number of benzene rings is 3. The van der Waals surface area contributed by atoms with Crippen LogP contribution in [0.5, 0.6) is 5.75 Å². The molecule has 0 unspecified atom stereocenters. The Morgan fingerprint density at radius 3 is 2.34 bits per heavy atom. The number of rotatable bonds is 4. The van der Waals surface area contributed by atoms with Crippen molar-refractivity contribution in [1.29, 1.82) is 0 Å². The number of carbonyl (C=O) groups excluding carboxylic acids is 1. The van der Waals surface area contributed by atoms with Gasteiger partial charge in [0.2, 0.25) is 0 Å². The third-order valence-corrected chi connectivity index (χ3v) is 5.38. The molecule has 144 valence electrons. The highest BCUT2D eigenvalue weighted by Crippen LogP contribution is 2.37. The minimum atomic E-state index is -0.0370. The zero-order valence-electron chi connectivity index (χ0n) is 16.2. The van der Waals surface area contributed by atoms with Gasteiger partial charge in [-0.3, -0.25) is 9.69 Å². The van der Waals surface area contributed by atoms with Crippen molar-refractivity contribution >= 4 is 39.3 Å². The van der Waals surface area contributed by atoms with Crippen molar-refractivity contribution in [3.05, 3.63) is 106 Å². The quantitative estimate of drug-likeness (QED) is 0.444. The number of anilines is 1. The van der Waals surface area contributed by atoms with Gasteiger partial charge in [-0.25, -0.2) is 0 Å². The fourth-order valence-corrected chi connectivity index (χ4v) is 3.90. The Bertz CT molecular complexity index is 1120. The van der Waals surface area contributed by atoms with Crippen molar-refractivity contribution in [2.24, 2.45) is 0 Å². The maximum Gasteiger partial charge on any atom is 0.262 e. The SMILES string of the molecule is COc1ccc(C=C2C=C(c3ccccc3)N(c3ccc(Br)cc3C)C2=O)cc1. The number of halogens is 1. The van der Waals surface area contributed by atoms with Gasteiger partial charge < -0.3 is 4.74 Å². The van der Waals surface area contributed by atoms with E-state index in [1.54, 1.807) is 12.0 Å². The molecule has 1 amide bonds. The summed E-state index contributed by atoms with van der Waals surface area (Å²) in [5, 5.41) is 0. The van der Waals surface area contributed by atoms with Crippen LogP contribution >= 0.6 is 15.9 Å². The molecule has 0 atom stereocenters. The first kappa shape index (κ1) is 19.2. The molecule has 0 radical (unpaired) electrons. The monoisotopic (exact) mass is 445 g/mol. The van der Waals surface area contributed by atoms with Gasteiger partial charge in [-0.2, -0.15) is 0 Å². The predicted octanol–water partition coefficient (Wildman–Crippen LogP) is 6.24. The van der Waals surface area contributed by atoms with E-state index in [1.807, 2.05) is 91.9 Å². The van der Waals surface area contributed by atoms with Gasteiger partial charge >= 0.3 is 0 Å². The lowest BCUT2D eigenvalue weighted by Gasteiger charge is -2.23. The molecule has 0 spiro atoms. The van der Waals surface area contributed by atoms with E-state index in [9.17, 15) is 4.79 Å². The molecule has 3 aromatic rings. The maximum absolute atomic E-state index is 13.4. The summed E-state index contributed by atoms with van der Waals surface area (Å²) >= 11 is 3.51. The number of amides is 1. The first-order valence-corrected chi connectivity index (χ1v) is 10.1. The summed E-state index contributed by atoms with van der Waals surface area (Å²) in [6.07, 6.45) is 3.88. The standard InChI is InChI=1S/C25H20BrNO2/c1-17-14-21(26)10-13-23(17)27-24(19-6-4-3-5-7-19)16-20(25(27)28)15-18-8-11-22(29-2)12-9-18/h3-16H,1-2H3. The predicted molar refractivity (Wildman–Crippen MR) is 122 cm³/mol. The van der Waals surface area contributed by atoms with Gasteiger partial charge in [0, 0.05) is 10.0 Å². The Labute approximate surface area is 179 Å². The number of methoxy groups -OCH3 is 1. The van der Waals surface area contributed by atoms with Gasteiger partial charge in [-0.15, -0.1) is 0 Å². The Hall–Kier alpha value is -3.11. The van der Waals surface area contributed by atoms with Crippen LogP contribution in [0.1, 0.15) is 16.7 Å². The van der Waals surface area contributed by atoms with Crippen LogP contribution in [0.2, 0.25) is 0 Å². The number of hydrogen-bond donors (Lipinski definition) is 0. The average molecular weight is 446 g/mol. The maximum atomic E-state index is 13.4. The van der Waals surface area contributed by atoms with Gasteiger partial charge in [-0.1, -0.05) is 58.4 Å². The lowest BCUT2D eigenvalue weighted by Crippen LogP contribution is -2.25. The van der Waals surface area contributed by atoms with Crippen LogP contribution in [-0.2, 0) is 4.79 Å². The van der Waals surface area contributed by atoms with Crippen molar-refractivity contribution in [1.82, 2.24) is 0 Å². The zero-order valence-corrected chi connectivity index (χ0v) is 17.8. The van der Waals surface area contributed by atoms with E-state index in [0.29, 0.717) is 5.57 Å². The van der Waals surface area contributed by atoms with Crippen molar-refractivity contribution in [3.8, 4) is 5.75 Å². The van der Waals surface area contributed by atoms with E-state index >= 15 is 0 Å². The normalized spacial score (nSPS) is 15.0. The molecule has 4 rings (SSSR count). The highest BCUT2D eigenvalue weighted by atomic mass is 79.9. The lowest BCUT2D eigenvalue weighted by molar-refractivity contribution is -0.113. The summed E-state index contributed by atoms with van der Waals surface area (Å²) in [7, 11) is 1.64. The molecule has 0 aliphatic carbocycles. The van der Waals surface area contributed by atoms with E-state index in [2.05, 4.69) is 15.9 Å². The van der Waals surface area contributed by atoms with E-state index in [1.165, 1.54) is 0 Å². The Morgan fingerprint density at radius 2 is 1.69 bits per heavy atom. The van der Waals surface area contributed by atoms with Crippen molar-refractivity contribution < 1.29 is 9.53 Å². The molecule has 3 nitrogen and oxygen atoms in total. The number of carbonyl (C=O) groups is 1. The summed E-state index contributed by atoms with van der Waals surface area (Å²) in [4.78, 5) is 15.2. The van der Waals surface area contributed by atoms with Crippen LogP contribution in [0.4, 0.5) is 5.69 Å². The highest BCUT2D eigenvalue weighted by Gasteiger charge is 2.31.